The highest BCUT2D eigenvalue weighted by atomic mass is 32.2. The van der Waals surface area contributed by atoms with Gasteiger partial charge in [0.1, 0.15) is 16.4 Å². The fourth-order valence-electron chi connectivity index (χ4n) is 5.62. The van der Waals surface area contributed by atoms with Gasteiger partial charge in [-0.25, -0.2) is 13.1 Å². The van der Waals surface area contributed by atoms with Crippen molar-refractivity contribution in [3.63, 3.8) is 0 Å². The smallest absolute Gasteiger partial charge is 0.297 e. The number of hydrogen-bond acceptors (Lipinski definition) is 7. The van der Waals surface area contributed by atoms with Crippen LogP contribution in [0.25, 0.3) is 11.1 Å². The van der Waals surface area contributed by atoms with Gasteiger partial charge < -0.3 is 4.74 Å². The van der Waals surface area contributed by atoms with Gasteiger partial charge in [0.15, 0.2) is 5.78 Å². The number of benzene rings is 5. The lowest BCUT2D eigenvalue weighted by atomic mass is 9.92. The summed E-state index contributed by atoms with van der Waals surface area (Å²) in [7, 11) is -8.44. The van der Waals surface area contributed by atoms with Crippen LogP contribution in [0.2, 0.25) is 0 Å². The van der Waals surface area contributed by atoms with E-state index in [1.807, 2.05) is 97.0 Å². The van der Waals surface area contributed by atoms with Crippen molar-refractivity contribution >= 4 is 25.9 Å². The molecule has 10 heteroatoms. The number of ketones is 1. The Hall–Kier alpha value is -4.61. The Morgan fingerprint density at radius 3 is 1.89 bits per heavy atom. The Kier molecular flexibility index (Phi) is 12.0. The van der Waals surface area contributed by atoms with Crippen LogP contribution in [0.15, 0.2) is 119 Å². The van der Waals surface area contributed by atoms with Crippen LogP contribution >= 0.6 is 0 Å². The Balaban J connectivity index is 1.56. The number of carbonyl (C=O) groups excluding carboxylic acids is 1. The summed E-state index contributed by atoms with van der Waals surface area (Å²) < 4.78 is 69.9. The topological polar surface area (TPSA) is 116 Å². The zero-order chi connectivity index (χ0) is 39.5. The number of carbonyl (C=O) groups is 1. The van der Waals surface area contributed by atoms with Gasteiger partial charge in [-0.15, -0.1) is 0 Å². The van der Waals surface area contributed by atoms with Crippen molar-refractivity contribution in [1.29, 1.82) is 0 Å². The van der Waals surface area contributed by atoms with Gasteiger partial charge in [-0.05, 0) is 102 Å². The van der Waals surface area contributed by atoms with E-state index in [0.29, 0.717) is 39.3 Å². The van der Waals surface area contributed by atoms with Crippen LogP contribution in [-0.2, 0) is 30.7 Å². The molecule has 5 rings (SSSR count). The lowest BCUT2D eigenvalue weighted by molar-refractivity contribution is 0.103. The molecular weight excluding hydrogens is 719 g/mol. The fraction of sp³-hybridized carbons (Fsp3) is 0.295. The van der Waals surface area contributed by atoms with Gasteiger partial charge in [0.05, 0.1) is 11.5 Å². The monoisotopic (exact) mass is 767 g/mol. The quantitative estimate of drug-likeness (QED) is 0.0937. The molecule has 1 N–H and O–H groups in total. The lowest BCUT2D eigenvalue weighted by Gasteiger charge is -2.22. The van der Waals surface area contributed by atoms with Gasteiger partial charge in [-0.2, -0.15) is 8.42 Å². The van der Waals surface area contributed by atoms with Crippen LogP contribution in [0.3, 0.4) is 0 Å². The van der Waals surface area contributed by atoms with E-state index in [9.17, 15) is 21.6 Å². The molecule has 8 nitrogen and oxygen atoms in total. The molecule has 54 heavy (non-hydrogen) atoms. The fourth-order valence-corrected chi connectivity index (χ4v) is 8.58. The average molecular weight is 768 g/mol. The molecule has 5 aromatic rings. The standard InChI is InChI=1S/C44H49NO7S2/c1-30-14-17-34(39(24-30)42(46)33-18-20-36(21-19-33)52-35-12-10-9-11-13-35)26-32-16-23-38(41(27-32)54(49,50)51-29-44(6,7)8)37-22-15-31(2)25-40(37)53(47,48)45-28-43(3,4)5/h9-25,27,45H,26,28-29H2,1-8H3. The summed E-state index contributed by atoms with van der Waals surface area (Å²) in [5.74, 6) is 1.10. The van der Waals surface area contributed by atoms with Gasteiger partial charge >= 0.3 is 0 Å². The molecule has 0 aromatic heterocycles. The van der Waals surface area contributed by atoms with Gasteiger partial charge in [-0.1, -0.05) is 102 Å². The van der Waals surface area contributed by atoms with Crippen LogP contribution in [0.5, 0.6) is 11.5 Å². The van der Waals surface area contributed by atoms with E-state index in [1.54, 1.807) is 61.5 Å². The Morgan fingerprint density at radius 2 is 1.24 bits per heavy atom. The number of aryl methyl sites for hydroxylation is 2. The molecule has 0 atom stereocenters. The molecule has 0 aliphatic carbocycles. The van der Waals surface area contributed by atoms with Crippen LogP contribution in [0.1, 0.15) is 79.7 Å². The van der Waals surface area contributed by atoms with Crippen molar-refractivity contribution in [2.24, 2.45) is 10.8 Å². The molecule has 5 aromatic carbocycles. The third-order valence-corrected chi connectivity index (χ3v) is 11.2. The Morgan fingerprint density at radius 1 is 0.648 bits per heavy atom. The highest BCUT2D eigenvalue weighted by molar-refractivity contribution is 7.89. The van der Waals surface area contributed by atoms with E-state index in [2.05, 4.69) is 4.72 Å². The number of sulfonamides is 1. The molecule has 0 saturated heterocycles. The molecule has 0 heterocycles. The highest BCUT2D eigenvalue weighted by Crippen LogP contribution is 2.36. The zero-order valence-corrected chi connectivity index (χ0v) is 33.8. The first-order valence-corrected chi connectivity index (χ1v) is 20.7. The molecule has 0 aliphatic rings. The minimum absolute atomic E-state index is 0.0293. The summed E-state index contributed by atoms with van der Waals surface area (Å²) in [6.45, 7) is 15.2. The van der Waals surface area contributed by atoms with Crippen molar-refractivity contribution < 1.29 is 30.6 Å². The lowest BCUT2D eigenvalue weighted by Crippen LogP contribution is -2.32. The van der Waals surface area contributed by atoms with E-state index in [0.717, 1.165) is 5.56 Å². The second-order valence-corrected chi connectivity index (χ2v) is 19.4. The van der Waals surface area contributed by atoms with Crippen LogP contribution < -0.4 is 9.46 Å². The number of para-hydroxylation sites is 1. The number of ether oxygens (including phenoxy) is 1. The van der Waals surface area contributed by atoms with Gasteiger partial charge in [0, 0.05) is 28.8 Å². The number of nitrogens with one attached hydrogen (secondary N) is 1. The zero-order valence-electron chi connectivity index (χ0n) is 32.2. The highest BCUT2D eigenvalue weighted by Gasteiger charge is 2.29. The minimum atomic E-state index is -4.39. The molecular formula is C44H49NO7S2. The van der Waals surface area contributed by atoms with Crippen molar-refractivity contribution in [2.45, 2.75) is 71.6 Å². The van der Waals surface area contributed by atoms with Crippen LogP contribution in [0.4, 0.5) is 0 Å². The molecule has 0 saturated carbocycles. The van der Waals surface area contributed by atoms with Crippen molar-refractivity contribution in [2.75, 3.05) is 13.2 Å². The van der Waals surface area contributed by atoms with Gasteiger partial charge in [0.2, 0.25) is 10.0 Å². The van der Waals surface area contributed by atoms with E-state index in [-0.39, 0.29) is 51.7 Å². The largest absolute Gasteiger partial charge is 0.457 e. The summed E-state index contributed by atoms with van der Waals surface area (Å²) in [6.07, 6.45) is 0.227. The molecule has 0 amide bonds. The maximum absolute atomic E-state index is 14.1. The minimum Gasteiger partial charge on any atom is -0.457 e. The van der Waals surface area contributed by atoms with E-state index < -0.39 is 25.6 Å². The third kappa shape index (κ3) is 10.5. The third-order valence-electron chi connectivity index (χ3n) is 8.47. The maximum atomic E-state index is 14.1. The second-order valence-electron chi connectivity index (χ2n) is 16.1. The molecule has 0 unspecified atom stereocenters. The molecule has 0 radical (unpaired) electrons. The SMILES string of the molecule is Cc1ccc(Cc2ccc(-c3ccc(C)cc3S(=O)(=O)NCC(C)(C)C)c(S(=O)(=O)OCC(C)(C)C)c2)c(C(=O)c2ccc(Oc3ccccc3)cc2)c1. The molecule has 0 spiro atoms. The molecule has 0 aliphatic heterocycles. The number of hydrogen-bond donors (Lipinski definition) is 1. The first-order chi connectivity index (χ1) is 25.2. The van der Waals surface area contributed by atoms with Crippen molar-refractivity contribution in [3.8, 4) is 22.6 Å². The normalized spacial score (nSPS) is 12.4. The predicted molar refractivity (Wildman–Crippen MR) is 214 cm³/mol. The van der Waals surface area contributed by atoms with Crippen molar-refractivity contribution in [3.05, 3.63) is 143 Å². The summed E-state index contributed by atoms with van der Waals surface area (Å²) in [5, 5.41) is 0. The summed E-state index contributed by atoms with van der Waals surface area (Å²) >= 11 is 0. The maximum Gasteiger partial charge on any atom is 0.297 e. The van der Waals surface area contributed by atoms with Gasteiger partial charge in [0.25, 0.3) is 10.1 Å². The first-order valence-electron chi connectivity index (χ1n) is 17.8. The second kappa shape index (κ2) is 16.0. The summed E-state index contributed by atoms with van der Waals surface area (Å²) in [6, 6.07) is 31.8. The van der Waals surface area contributed by atoms with E-state index in [4.69, 9.17) is 8.92 Å². The molecule has 0 bridgehead atoms. The Labute approximate surface area is 320 Å². The number of rotatable bonds is 13. The molecule has 284 valence electrons. The van der Waals surface area contributed by atoms with Gasteiger partial charge in [-0.3, -0.25) is 8.98 Å². The van der Waals surface area contributed by atoms with E-state index in [1.165, 1.54) is 6.07 Å². The molecule has 0 fully saturated rings. The summed E-state index contributed by atoms with van der Waals surface area (Å²) in [5.41, 5.74) is 3.50. The first kappa shape index (κ1) is 40.6. The van der Waals surface area contributed by atoms with Crippen LogP contribution in [-0.4, -0.2) is 35.8 Å². The predicted octanol–water partition coefficient (Wildman–Crippen LogP) is 9.66. The Bertz CT molecular complexity index is 2360. The summed E-state index contributed by atoms with van der Waals surface area (Å²) in [4.78, 5) is 13.8. The van der Waals surface area contributed by atoms with Crippen LogP contribution in [0, 0.1) is 24.7 Å². The average Bonchev–Trinajstić information content (AvgIpc) is 3.11. The van der Waals surface area contributed by atoms with Crippen molar-refractivity contribution in [1.82, 2.24) is 4.72 Å². The van der Waals surface area contributed by atoms with E-state index >= 15 is 0 Å².